The highest BCUT2D eigenvalue weighted by molar-refractivity contribution is 5.68. The van der Waals surface area contributed by atoms with E-state index < -0.39 is 5.60 Å². The number of hydrogen-bond donors (Lipinski definition) is 1. The molecule has 2 atom stereocenters. The highest BCUT2D eigenvalue weighted by Gasteiger charge is 2.45. The summed E-state index contributed by atoms with van der Waals surface area (Å²) in [5, 5.41) is 2.75. The molecule has 0 bridgehead atoms. The van der Waals surface area contributed by atoms with Crippen molar-refractivity contribution in [2.45, 2.75) is 51.9 Å². The first kappa shape index (κ1) is 11.3. The summed E-state index contributed by atoms with van der Waals surface area (Å²) < 4.78 is 10.3. The molecule has 1 aliphatic rings. The maximum Gasteiger partial charge on any atom is 0.407 e. The Morgan fingerprint density at radius 3 is 2.43 bits per heavy atom. The van der Waals surface area contributed by atoms with Gasteiger partial charge in [0.2, 0.25) is 0 Å². The molecule has 1 aliphatic heterocycles. The van der Waals surface area contributed by atoms with Crippen LogP contribution in [0.5, 0.6) is 0 Å². The van der Waals surface area contributed by atoms with Crippen molar-refractivity contribution in [1.82, 2.24) is 5.32 Å². The first-order valence-electron chi connectivity index (χ1n) is 4.86. The molecule has 0 aromatic heterocycles. The Hall–Kier alpha value is -0.770. The van der Waals surface area contributed by atoms with Gasteiger partial charge in [0.05, 0.1) is 12.6 Å². The van der Waals surface area contributed by atoms with Crippen molar-refractivity contribution in [3.8, 4) is 0 Å². The van der Waals surface area contributed by atoms with Crippen molar-refractivity contribution in [3.05, 3.63) is 0 Å². The van der Waals surface area contributed by atoms with Crippen molar-refractivity contribution in [2.75, 3.05) is 6.61 Å². The Morgan fingerprint density at radius 1 is 1.57 bits per heavy atom. The van der Waals surface area contributed by atoms with E-state index in [0.29, 0.717) is 6.61 Å². The molecule has 82 valence electrons. The third kappa shape index (κ3) is 3.18. The van der Waals surface area contributed by atoms with E-state index >= 15 is 0 Å². The first-order chi connectivity index (χ1) is 6.23. The first-order valence-corrected chi connectivity index (χ1v) is 4.86. The third-order valence-corrected chi connectivity index (χ3v) is 2.25. The molecular weight excluding hydrogens is 182 g/mol. The van der Waals surface area contributed by atoms with Crippen molar-refractivity contribution < 1.29 is 14.3 Å². The number of amides is 1. The Labute approximate surface area is 85.0 Å². The molecule has 1 amide bonds. The molecule has 0 radical (unpaired) electrons. The third-order valence-electron chi connectivity index (χ3n) is 2.25. The van der Waals surface area contributed by atoms with Crippen molar-refractivity contribution in [1.29, 1.82) is 0 Å². The molecule has 1 heterocycles. The summed E-state index contributed by atoms with van der Waals surface area (Å²) >= 11 is 0. The van der Waals surface area contributed by atoms with Crippen LogP contribution < -0.4 is 5.32 Å². The van der Waals surface area contributed by atoms with Crippen LogP contribution in [0.1, 0.15) is 34.6 Å². The van der Waals surface area contributed by atoms with Crippen LogP contribution in [0.3, 0.4) is 0 Å². The van der Waals surface area contributed by atoms with E-state index in [1.807, 2.05) is 34.6 Å². The number of epoxide rings is 1. The van der Waals surface area contributed by atoms with Gasteiger partial charge in [-0.05, 0) is 34.6 Å². The fraction of sp³-hybridized carbons (Fsp3) is 0.900. The maximum absolute atomic E-state index is 11.4. The second kappa shape index (κ2) is 3.42. The van der Waals surface area contributed by atoms with Crippen molar-refractivity contribution in [2.24, 2.45) is 0 Å². The number of carbonyl (C=O) groups is 1. The molecule has 2 unspecified atom stereocenters. The van der Waals surface area contributed by atoms with Gasteiger partial charge >= 0.3 is 6.09 Å². The summed E-state index contributed by atoms with van der Waals surface area (Å²) in [5.74, 6) is 0. The van der Waals surface area contributed by atoms with Crippen LogP contribution in [0.4, 0.5) is 4.79 Å². The zero-order valence-corrected chi connectivity index (χ0v) is 9.51. The van der Waals surface area contributed by atoms with E-state index in [9.17, 15) is 4.79 Å². The van der Waals surface area contributed by atoms with Gasteiger partial charge in [-0.3, -0.25) is 0 Å². The molecular formula is C10H19NO3. The van der Waals surface area contributed by atoms with Gasteiger partial charge in [-0.15, -0.1) is 0 Å². The number of nitrogens with one attached hydrogen (secondary N) is 1. The number of rotatable bonds is 2. The SMILES string of the molecule is CC(NC(=O)OC(C)(C)C)C1(C)CO1. The van der Waals surface area contributed by atoms with Gasteiger partial charge < -0.3 is 14.8 Å². The van der Waals surface area contributed by atoms with Crippen LogP contribution >= 0.6 is 0 Å². The van der Waals surface area contributed by atoms with Gasteiger partial charge in [0, 0.05) is 0 Å². The molecule has 4 heteroatoms. The summed E-state index contributed by atoms with van der Waals surface area (Å²) in [6.45, 7) is 10.1. The zero-order valence-electron chi connectivity index (χ0n) is 9.51. The van der Waals surface area contributed by atoms with Crippen LogP contribution in [0, 0.1) is 0 Å². The molecule has 4 nitrogen and oxygen atoms in total. The lowest BCUT2D eigenvalue weighted by Crippen LogP contribution is -2.44. The average molecular weight is 201 g/mol. The highest BCUT2D eigenvalue weighted by Crippen LogP contribution is 2.29. The van der Waals surface area contributed by atoms with Gasteiger partial charge in [0.1, 0.15) is 11.2 Å². The van der Waals surface area contributed by atoms with Crippen molar-refractivity contribution >= 4 is 6.09 Å². The quantitative estimate of drug-likeness (QED) is 0.692. The summed E-state index contributed by atoms with van der Waals surface area (Å²) in [5.41, 5.74) is -0.647. The summed E-state index contributed by atoms with van der Waals surface area (Å²) in [4.78, 5) is 11.4. The summed E-state index contributed by atoms with van der Waals surface area (Å²) in [6, 6.07) is -0.0163. The predicted molar refractivity (Wildman–Crippen MR) is 53.2 cm³/mol. The van der Waals surface area contributed by atoms with Gasteiger partial charge in [-0.25, -0.2) is 4.79 Å². The van der Waals surface area contributed by atoms with E-state index in [2.05, 4.69) is 5.32 Å². The number of hydrogen-bond acceptors (Lipinski definition) is 3. The minimum absolute atomic E-state index is 0.0163. The molecule has 0 aliphatic carbocycles. The molecule has 14 heavy (non-hydrogen) atoms. The van der Waals surface area contributed by atoms with Gasteiger partial charge in [-0.1, -0.05) is 0 Å². The molecule has 1 saturated heterocycles. The molecule has 0 saturated carbocycles. The fourth-order valence-corrected chi connectivity index (χ4v) is 1.00. The van der Waals surface area contributed by atoms with Crippen LogP contribution in [-0.2, 0) is 9.47 Å². The van der Waals surface area contributed by atoms with Crippen LogP contribution in [0.2, 0.25) is 0 Å². The molecule has 1 rings (SSSR count). The largest absolute Gasteiger partial charge is 0.444 e. The number of ether oxygens (including phenoxy) is 2. The maximum atomic E-state index is 11.4. The fourth-order valence-electron chi connectivity index (χ4n) is 1.00. The Bertz CT molecular complexity index is 228. The Balaban J connectivity index is 2.34. The van der Waals surface area contributed by atoms with Crippen molar-refractivity contribution in [3.63, 3.8) is 0 Å². The second-order valence-corrected chi connectivity index (χ2v) is 4.97. The lowest BCUT2D eigenvalue weighted by Gasteiger charge is -2.23. The van der Waals surface area contributed by atoms with E-state index in [1.54, 1.807) is 0 Å². The molecule has 0 aromatic carbocycles. The topological polar surface area (TPSA) is 50.9 Å². The van der Waals surface area contributed by atoms with Gasteiger partial charge in [0.25, 0.3) is 0 Å². The predicted octanol–water partition coefficient (Wildman–Crippen LogP) is 1.69. The summed E-state index contributed by atoms with van der Waals surface area (Å²) in [6.07, 6.45) is -0.387. The van der Waals surface area contributed by atoms with E-state index in [-0.39, 0.29) is 17.7 Å². The minimum Gasteiger partial charge on any atom is -0.444 e. The number of alkyl carbamates (subject to hydrolysis) is 1. The van der Waals surface area contributed by atoms with Crippen LogP contribution in [-0.4, -0.2) is 29.9 Å². The Kier molecular flexibility index (Phi) is 2.76. The summed E-state index contributed by atoms with van der Waals surface area (Å²) in [7, 11) is 0. The van der Waals surface area contributed by atoms with E-state index in [0.717, 1.165) is 0 Å². The minimum atomic E-state index is -0.449. The standard InChI is InChI=1S/C10H19NO3/c1-7(10(5)6-13-10)11-8(12)14-9(2,3)4/h7H,6H2,1-5H3,(H,11,12). The second-order valence-electron chi connectivity index (χ2n) is 4.97. The zero-order chi connectivity index (χ0) is 11.0. The normalized spacial score (nSPS) is 28.1. The molecule has 0 aromatic rings. The lowest BCUT2D eigenvalue weighted by molar-refractivity contribution is 0.0484. The lowest BCUT2D eigenvalue weighted by atomic mass is 10.1. The van der Waals surface area contributed by atoms with E-state index in [1.165, 1.54) is 0 Å². The van der Waals surface area contributed by atoms with Gasteiger partial charge in [0.15, 0.2) is 0 Å². The van der Waals surface area contributed by atoms with Crippen LogP contribution in [0.15, 0.2) is 0 Å². The smallest absolute Gasteiger partial charge is 0.407 e. The molecule has 1 fully saturated rings. The molecule has 0 spiro atoms. The highest BCUT2D eigenvalue weighted by atomic mass is 16.6. The van der Waals surface area contributed by atoms with Crippen LogP contribution in [0.25, 0.3) is 0 Å². The van der Waals surface area contributed by atoms with E-state index in [4.69, 9.17) is 9.47 Å². The number of carbonyl (C=O) groups excluding carboxylic acids is 1. The van der Waals surface area contributed by atoms with Gasteiger partial charge in [-0.2, -0.15) is 0 Å². The Morgan fingerprint density at radius 2 is 2.07 bits per heavy atom. The monoisotopic (exact) mass is 201 g/mol. The average Bonchev–Trinajstić information content (AvgIpc) is 2.64. The molecule has 1 N–H and O–H groups in total.